The lowest BCUT2D eigenvalue weighted by atomic mass is 10.1. The average Bonchev–Trinajstić information content (AvgIpc) is 2.63. The second-order valence-corrected chi connectivity index (χ2v) is 4.23. The number of halogens is 3. The van der Waals surface area contributed by atoms with Gasteiger partial charge in [-0.25, -0.2) is 0 Å². The molecule has 4 nitrogen and oxygen atoms in total. The van der Waals surface area contributed by atoms with E-state index in [0.29, 0.717) is 12.5 Å². The number of carbonyl (C=O) groups excluding carboxylic acids is 1. The van der Waals surface area contributed by atoms with Gasteiger partial charge in [0.1, 0.15) is 0 Å². The molecule has 17 heavy (non-hydrogen) atoms. The second kappa shape index (κ2) is 5.29. The average molecular weight is 249 g/mol. The minimum Gasteiger partial charge on any atom is -0.282 e. The molecule has 1 aromatic rings. The molecule has 1 heterocycles. The van der Waals surface area contributed by atoms with Crippen LogP contribution in [0.5, 0.6) is 0 Å². The van der Waals surface area contributed by atoms with E-state index in [1.807, 2.05) is 0 Å². The fourth-order valence-electron chi connectivity index (χ4n) is 1.32. The third-order valence-electron chi connectivity index (χ3n) is 2.20. The van der Waals surface area contributed by atoms with Gasteiger partial charge in [-0.2, -0.15) is 13.2 Å². The lowest BCUT2D eigenvalue weighted by molar-refractivity contribution is -0.0888. The van der Waals surface area contributed by atoms with Gasteiger partial charge in [0.2, 0.25) is 0 Å². The van der Waals surface area contributed by atoms with Crippen LogP contribution < -0.4 is 0 Å². The number of nitrogens with zero attached hydrogens (tertiary/aromatic N) is 3. The van der Waals surface area contributed by atoms with Crippen LogP contribution in [0.25, 0.3) is 0 Å². The van der Waals surface area contributed by atoms with Gasteiger partial charge in [-0.05, 0) is 18.8 Å². The van der Waals surface area contributed by atoms with Crippen molar-refractivity contribution in [2.45, 2.75) is 39.4 Å². The summed E-state index contributed by atoms with van der Waals surface area (Å²) < 4.78 is 37.5. The highest BCUT2D eigenvalue weighted by molar-refractivity contribution is 5.98. The highest BCUT2D eigenvalue weighted by Crippen LogP contribution is 2.19. The van der Waals surface area contributed by atoms with Crippen LogP contribution in [0.3, 0.4) is 0 Å². The van der Waals surface area contributed by atoms with E-state index < -0.39 is 17.7 Å². The lowest BCUT2D eigenvalue weighted by Gasteiger charge is -2.03. The topological polar surface area (TPSA) is 47.8 Å². The summed E-state index contributed by atoms with van der Waals surface area (Å²) >= 11 is 0. The quantitative estimate of drug-likeness (QED) is 0.753. The summed E-state index contributed by atoms with van der Waals surface area (Å²) in [5.41, 5.74) is -0.651. The summed E-state index contributed by atoms with van der Waals surface area (Å²) in [7, 11) is 0. The van der Waals surface area contributed by atoms with Gasteiger partial charge in [0.15, 0.2) is 5.69 Å². The Morgan fingerprint density at radius 2 is 2.12 bits per heavy atom. The molecule has 96 valence electrons. The summed E-state index contributed by atoms with van der Waals surface area (Å²) in [5, 5.41) is 6.72. The van der Waals surface area contributed by atoms with E-state index in [0.717, 1.165) is 19.0 Å². The molecule has 0 aliphatic rings. The molecule has 0 atom stereocenters. The Hall–Kier alpha value is -1.40. The molecule has 0 bridgehead atoms. The molecule has 0 aliphatic carbocycles. The van der Waals surface area contributed by atoms with Crippen molar-refractivity contribution >= 4 is 5.78 Å². The first-order valence-electron chi connectivity index (χ1n) is 5.32. The van der Waals surface area contributed by atoms with Gasteiger partial charge >= 0.3 is 6.18 Å². The first-order valence-corrected chi connectivity index (χ1v) is 5.32. The van der Waals surface area contributed by atoms with Crippen molar-refractivity contribution in [3.8, 4) is 0 Å². The van der Waals surface area contributed by atoms with Crippen molar-refractivity contribution in [3.05, 3.63) is 11.9 Å². The molecule has 0 amide bonds. The molecule has 0 unspecified atom stereocenters. The van der Waals surface area contributed by atoms with Gasteiger partial charge < -0.3 is 0 Å². The number of rotatable bonds is 5. The minimum atomic E-state index is -4.89. The number of hydrogen-bond acceptors (Lipinski definition) is 3. The molecule has 0 N–H and O–H groups in total. The van der Waals surface area contributed by atoms with E-state index in [1.54, 1.807) is 0 Å². The van der Waals surface area contributed by atoms with Crippen molar-refractivity contribution < 1.29 is 18.0 Å². The third kappa shape index (κ3) is 4.16. The minimum absolute atomic E-state index is 0.469. The van der Waals surface area contributed by atoms with Crippen molar-refractivity contribution in [1.29, 1.82) is 0 Å². The van der Waals surface area contributed by atoms with Crippen molar-refractivity contribution in [2.24, 2.45) is 5.92 Å². The number of aryl methyl sites for hydroxylation is 1. The molecule has 0 fully saturated rings. The Kier molecular flexibility index (Phi) is 4.25. The van der Waals surface area contributed by atoms with Gasteiger partial charge in [0.25, 0.3) is 5.78 Å². The monoisotopic (exact) mass is 249 g/mol. The maximum absolute atomic E-state index is 12.1. The van der Waals surface area contributed by atoms with Gasteiger partial charge in [-0.3, -0.25) is 9.48 Å². The molecule has 0 aromatic carbocycles. The highest BCUT2D eigenvalue weighted by Gasteiger charge is 2.41. The Morgan fingerprint density at radius 1 is 1.47 bits per heavy atom. The number of hydrogen-bond donors (Lipinski definition) is 0. The largest absolute Gasteiger partial charge is 0.456 e. The number of carbonyl (C=O) groups is 1. The normalized spacial score (nSPS) is 12.1. The predicted molar refractivity (Wildman–Crippen MR) is 54.5 cm³/mol. The van der Waals surface area contributed by atoms with E-state index in [9.17, 15) is 18.0 Å². The SMILES string of the molecule is CC(C)CCCn1cc(C(=O)C(F)(F)F)nn1. The molecule has 1 aromatic heterocycles. The predicted octanol–water partition coefficient (Wildman–Crippen LogP) is 2.46. The van der Waals surface area contributed by atoms with Crippen LogP contribution >= 0.6 is 0 Å². The van der Waals surface area contributed by atoms with Crippen LogP contribution in [0.2, 0.25) is 0 Å². The lowest BCUT2D eigenvalue weighted by Crippen LogP contribution is -2.23. The number of Topliss-reactive ketones (excluding diaryl/α,β-unsaturated/α-hetero) is 1. The summed E-state index contributed by atoms with van der Waals surface area (Å²) in [6, 6.07) is 0. The summed E-state index contributed by atoms with van der Waals surface area (Å²) in [4.78, 5) is 10.8. The van der Waals surface area contributed by atoms with Crippen LogP contribution in [0.4, 0.5) is 13.2 Å². The zero-order valence-electron chi connectivity index (χ0n) is 9.66. The summed E-state index contributed by atoms with van der Waals surface area (Å²) in [5.74, 6) is -1.43. The standard InChI is InChI=1S/C10H14F3N3O/c1-7(2)4-3-5-16-6-8(14-15-16)9(17)10(11,12)13/h6-7H,3-5H2,1-2H3. The fourth-order valence-corrected chi connectivity index (χ4v) is 1.32. The molecular formula is C10H14F3N3O. The number of aromatic nitrogens is 3. The van der Waals surface area contributed by atoms with Gasteiger partial charge in [0, 0.05) is 6.54 Å². The van der Waals surface area contributed by atoms with Crippen molar-refractivity contribution in [3.63, 3.8) is 0 Å². The molecule has 0 saturated heterocycles. The molecule has 0 spiro atoms. The maximum Gasteiger partial charge on any atom is 0.456 e. The van der Waals surface area contributed by atoms with E-state index >= 15 is 0 Å². The molecule has 0 saturated carbocycles. The number of alkyl halides is 3. The maximum atomic E-state index is 12.1. The summed E-state index contributed by atoms with van der Waals surface area (Å²) in [6.45, 7) is 4.58. The zero-order chi connectivity index (χ0) is 13.1. The fraction of sp³-hybridized carbons (Fsp3) is 0.700. The Labute approximate surface area is 96.8 Å². The number of ketones is 1. The van der Waals surface area contributed by atoms with Crippen molar-refractivity contribution in [2.75, 3.05) is 0 Å². The smallest absolute Gasteiger partial charge is 0.282 e. The van der Waals surface area contributed by atoms with Crippen LogP contribution in [-0.4, -0.2) is 27.0 Å². The van der Waals surface area contributed by atoms with Gasteiger partial charge in [-0.1, -0.05) is 19.1 Å². The second-order valence-electron chi connectivity index (χ2n) is 4.23. The molecule has 0 aliphatic heterocycles. The van der Waals surface area contributed by atoms with Gasteiger partial charge in [0.05, 0.1) is 6.20 Å². The van der Waals surface area contributed by atoms with Crippen LogP contribution in [-0.2, 0) is 6.54 Å². The molecule has 1 rings (SSSR count). The van der Waals surface area contributed by atoms with E-state index in [2.05, 4.69) is 24.2 Å². The first-order chi connectivity index (χ1) is 7.80. The zero-order valence-corrected chi connectivity index (χ0v) is 9.66. The van der Waals surface area contributed by atoms with E-state index in [4.69, 9.17) is 0 Å². The van der Waals surface area contributed by atoms with E-state index in [1.165, 1.54) is 4.68 Å². The Bertz CT molecular complexity index is 384. The van der Waals surface area contributed by atoms with E-state index in [-0.39, 0.29) is 0 Å². The molecule has 0 radical (unpaired) electrons. The van der Waals surface area contributed by atoms with Crippen LogP contribution in [0, 0.1) is 5.92 Å². The van der Waals surface area contributed by atoms with Crippen molar-refractivity contribution in [1.82, 2.24) is 15.0 Å². The van der Waals surface area contributed by atoms with Gasteiger partial charge in [-0.15, -0.1) is 5.10 Å². The first kappa shape index (κ1) is 13.7. The highest BCUT2D eigenvalue weighted by atomic mass is 19.4. The van der Waals surface area contributed by atoms with Crippen LogP contribution in [0.1, 0.15) is 37.2 Å². The molecular weight excluding hydrogens is 235 g/mol. The molecule has 7 heteroatoms. The Morgan fingerprint density at radius 3 is 2.65 bits per heavy atom. The third-order valence-corrected chi connectivity index (χ3v) is 2.20. The Balaban J connectivity index is 2.57. The summed E-state index contributed by atoms with van der Waals surface area (Å²) in [6.07, 6.45) is -2.11. The van der Waals surface area contributed by atoms with Crippen LogP contribution in [0.15, 0.2) is 6.20 Å².